The molecule has 2 rings (SSSR count). The molecule has 1 amide bonds. The van der Waals surface area contributed by atoms with E-state index in [4.69, 9.17) is 15.2 Å². The summed E-state index contributed by atoms with van der Waals surface area (Å²) < 4.78 is 10.9. The summed E-state index contributed by atoms with van der Waals surface area (Å²) in [5.41, 5.74) is 6.02. The largest absolute Gasteiger partial charge is 0.497 e. The van der Waals surface area contributed by atoms with Gasteiger partial charge in [-0.1, -0.05) is 6.08 Å². The monoisotopic (exact) mass is 304 g/mol. The highest BCUT2D eigenvalue weighted by Crippen LogP contribution is 2.28. The zero-order chi connectivity index (χ0) is 15.9. The molecule has 0 radical (unpaired) electrons. The smallest absolute Gasteiger partial charge is 0.257 e. The topological polar surface area (TPSA) is 64.8 Å². The molecular weight excluding hydrogens is 280 g/mol. The van der Waals surface area contributed by atoms with Crippen LogP contribution >= 0.6 is 0 Å². The van der Waals surface area contributed by atoms with Crippen molar-refractivity contribution in [2.24, 2.45) is 11.7 Å². The Bertz CT molecular complexity index is 531. The van der Waals surface area contributed by atoms with Gasteiger partial charge < -0.3 is 20.1 Å². The van der Waals surface area contributed by atoms with Crippen LogP contribution in [-0.2, 0) is 0 Å². The van der Waals surface area contributed by atoms with Crippen LogP contribution in [0.15, 0.2) is 30.9 Å². The summed E-state index contributed by atoms with van der Waals surface area (Å²) >= 11 is 0. The minimum atomic E-state index is -0.0222. The standard InChI is InChI=1S/C17H24N2O3/c1-3-13-7-9-19(12-13)17(20)15-11-14(21-2)5-6-16(15)22-10-4-8-18/h3,5-6,11,13H,1,4,7-10,12,18H2,2H3/t13-/m1/s1. The fourth-order valence-electron chi connectivity index (χ4n) is 2.53. The van der Waals surface area contributed by atoms with Crippen LogP contribution < -0.4 is 15.2 Å². The Balaban J connectivity index is 2.18. The first-order valence-electron chi connectivity index (χ1n) is 7.62. The minimum Gasteiger partial charge on any atom is -0.497 e. The Labute approximate surface area is 131 Å². The number of likely N-dealkylation sites (tertiary alicyclic amines) is 1. The van der Waals surface area contributed by atoms with E-state index in [2.05, 4.69) is 6.58 Å². The Kier molecular flexibility index (Phi) is 5.83. The lowest BCUT2D eigenvalue weighted by molar-refractivity contribution is 0.0784. The fraction of sp³-hybridized carbons (Fsp3) is 0.471. The van der Waals surface area contributed by atoms with Gasteiger partial charge in [0, 0.05) is 13.1 Å². The Morgan fingerprint density at radius 1 is 1.55 bits per heavy atom. The summed E-state index contributed by atoms with van der Waals surface area (Å²) in [5, 5.41) is 0. The number of hydrogen-bond acceptors (Lipinski definition) is 4. The van der Waals surface area contributed by atoms with Crippen molar-refractivity contribution in [1.82, 2.24) is 4.90 Å². The van der Waals surface area contributed by atoms with E-state index in [-0.39, 0.29) is 5.91 Å². The second-order valence-corrected chi connectivity index (χ2v) is 5.39. The van der Waals surface area contributed by atoms with E-state index < -0.39 is 0 Å². The summed E-state index contributed by atoms with van der Waals surface area (Å²) in [6.45, 7) is 6.33. The number of nitrogens with zero attached hydrogens (tertiary/aromatic N) is 1. The quantitative estimate of drug-likeness (QED) is 0.618. The third kappa shape index (κ3) is 3.80. The van der Waals surface area contributed by atoms with Crippen molar-refractivity contribution in [3.63, 3.8) is 0 Å². The highest BCUT2D eigenvalue weighted by Gasteiger charge is 2.27. The molecule has 5 heteroatoms. The predicted molar refractivity (Wildman–Crippen MR) is 86.4 cm³/mol. The second-order valence-electron chi connectivity index (χ2n) is 5.39. The summed E-state index contributed by atoms with van der Waals surface area (Å²) in [6.07, 6.45) is 3.63. The number of amides is 1. The maximum Gasteiger partial charge on any atom is 0.257 e. The van der Waals surface area contributed by atoms with Gasteiger partial charge in [0.1, 0.15) is 11.5 Å². The number of carbonyl (C=O) groups is 1. The molecule has 1 saturated heterocycles. The lowest BCUT2D eigenvalue weighted by atomic mass is 10.1. The number of carbonyl (C=O) groups excluding carboxylic acids is 1. The summed E-state index contributed by atoms with van der Waals surface area (Å²) in [4.78, 5) is 14.6. The first kappa shape index (κ1) is 16.4. The minimum absolute atomic E-state index is 0.0222. The van der Waals surface area contributed by atoms with E-state index >= 15 is 0 Å². The van der Waals surface area contributed by atoms with Crippen LogP contribution in [0.25, 0.3) is 0 Å². The number of methoxy groups -OCH3 is 1. The van der Waals surface area contributed by atoms with Gasteiger partial charge >= 0.3 is 0 Å². The molecule has 22 heavy (non-hydrogen) atoms. The molecule has 1 aromatic carbocycles. The first-order valence-corrected chi connectivity index (χ1v) is 7.62. The zero-order valence-electron chi connectivity index (χ0n) is 13.1. The lowest BCUT2D eigenvalue weighted by Crippen LogP contribution is -2.29. The molecule has 1 aliphatic rings. The van der Waals surface area contributed by atoms with Gasteiger partial charge in [-0.3, -0.25) is 4.79 Å². The summed E-state index contributed by atoms with van der Waals surface area (Å²) in [5.74, 6) is 1.58. The molecule has 1 atom stereocenters. The van der Waals surface area contributed by atoms with Gasteiger partial charge in [0.15, 0.2) is 0 Å². The average molecular weight is 304 g/mol. The van der Waals surface area contributed by atoms with Gasteiger partial charge in [0.2, 0.25) is 0 Å². The van der Waals surface area contributed by atoms with Gasteiger partial charge in [-0.25, -0.2) is 0 Å². The van der Waals surface area contributed by atoms with Crippen molar-refractivity contribution in [3.05, 3.63) is 36.4 Å². The van der Waals surface area contributed by atoms with E-state index in [1.807, 2.05) is 11.0 Å². The maximum absolute atomic E-state index is 12.8. The van der Waals surface area contributed by atoms with Crippen molar-refractivity contribution >= 4 is 5.91 Å². The molecule has 120 valence electrons. The van der Waals surface area contributed by atoms with Crippen molar-refractivity contribution in [3.8, 4) is 11.5 Å². The average Bonchev–Trinajstić information content (AvgIpc) is 3.03. The fourth-order valence-corrected chi connectivity index (χ4v) is 2.53. The third-order valence-electron chi connectivity index (χ3n) is 3.87. The van der Waals surface area contributed by atoms with E-state index in [0.29, 0.717) is 42.7 Å². The van der Waals surface area contributed by atoms with Crippen LogP contribution in [0, 0.1) is 5.92 Å². The Morgan fingerprint density at radius 3 is 3.00 bits per heavy atom. The molecule has 5 nitrogen and oxygen atoms in total. The van der Waals surface area contributed by atoms with Crippen LogP contribution in [0.5, 0.6) is 11.5 Å². The molecule has 1 aliphatic heterocycles. The molecule has 0 unspecified atom stereocenters. The molecule has 2 N–H and O–H groups in total. The van der Waals surface area contributed by atoms with Crippen molar-refractivity contribution in [1.29, 1.82) is 0 Å². The van der Waals surface area contributed by atoms with Gasteiger partial charge in [0.25, 0.3) is 5.91 Å². The highest BCUT2D eigenvalue weighted by molar-refractivity contribution is 5.97. The molecule has 1 fully saturated rings. The van der Waals surface area contributed by atoms with Crippen molar-refractivity contribution in [2.75, 3.05) is 33.4 Å². The third-order valence-corrected chi connectivity index (χ3v) is 3.87. The van der Waals surface area contributed by atoms with Crippen LogP contribution in [0.3, 0.4) is 0 Å². The lowest BCUT2D eigenvalue weighted by Gasteiger charge is -2.19. The molecule has 0 bridgehead atoms. The summed E-state index contributed by atoms with van der Waals surface area (Å²) in [7, 11) is 1.59. The molecule has 0 aromatic heterocycles. The van der Waals surface area contributed by atoms with Crippen molar-refractivity contribution < 1.29 is 14.3 Å². The molecular formula is C17H24N2O3. The van der Waals surface area contributed by atoms with Gasteiger partial charge in [-0.2, -0.15) is 0 Å². The molecule has 0 aliphatic carbocycles. The number of nitrogens with two attached hydrogens (primary N) is 1. The first-order chi connectivity index (χ1) is 10.7. The SMILES string of the molecule is C=C[C@@H]1CCN(C(=O)c2cc(OC)ccc2OCCCN)C1. The zero-order valence-corrected chi connectivity index (χ0v) is 13.1. The van der Waals surface area contributed by atoms with Crippen LogP contribution in [0.2, 0.25) is 0 Å². The van der Waals surface area contributed by atoms with Gasteiger partial charge in [-0.05, 0) is 43.5 Å². The summed E-state index contributed by atoms with van der Waals surface area (Å²) in [6, 6.07) is 5.32. The van der Waals surface area contributed by atoms with Crippen LogP contribution in [0.1, 0.15) is 23.2 Å². The van der Waals surface area contributed by atoms with E-state index in [1.165, 1.54) is 0 Å². The second kappa shape index (κ2) is 7.84. The molecule has 1 aromatic rings. The maximum atomic E-state index is 12.8. The van der Waals surface area contributed by atoms with E-state index in [1.54, 1.807) is 25.3 Å². The Hall–Kier alpha value is -2.01. The number of ether oxygens (including phenoxy) is 2. The predicted octanol–water partition coefficient (Wildman–Crippen LogP) is 2.07. The van der Waals surface area contributed by atoms with Crippen LogP contribution in [-0.4, -0.2) is 44.2 Å². The van der Waals surface area contributed by atoms with Crippen molar-refractivity contribution in [2.45, 2.75) is 12.8 Å². The normalized spacial score (nSPS) is 17.4. The number of benzene rings is 1. The number of rotatable bonds is 7. The molecule has 0 saturated carbocycles. The highest BCUT2D eigenvalue weighted by atomic mass is 16.5. The van der Waals surface area contributed by atoms with E-state index in [0.717, 1.165) is 19.4 Å². The van der Waals surface area contributed by atoms with Gasteiger partial charge in [-0.15, -0.1) is 6.58 Å². The number of hydrogen-bond donors (Lipinski definition) is 1. The molecule has 0 spiro atoms. The van der Waals surface area contributed by atoms with Gasteiger partial charge in [0.05, 0.1) is 19.3 Å². The molecule has 1 heterocycles. The Morgan fingerprint density at radius 2 is 2.36 bits per heavy atom. The van der Waals surface area contributed by atoms with Crippen LogP contribution in [0.4, 0.5) is 0 Å². The van der Waals surface area contributed by atoms with E-state index in [9.17, 15) is 4.79 Å².